The molecule has 1 atom stereocenters. The van der Waals surface area contributed by atoms with Gasteiger partial charge in [0.15, 0.2) is 0 Å². The summed E-state index contributed by atoms with van der Waals surface area (Å²) < 4.78 is 36.2. The largest absolute Gasteiger partial charge is 1.00 e. The van der Waals surface area contributed by atoms with E-state index in [2.05, 4.69) is 0 Å². The minimum absolute atomic E-state index is 0. The zero-order valence-corrected chi connectivity index (χ0v) is 11.5. The van der Waals surface area contributed by atoms with Gasteiger partial charge in [-0.25, -0.2) is 0 Å². The minimum atomic E-state index is -4.67. The molecule has 0 aromatic heterocycles. The van der Waals surface area contributed by atoms with E-state index in [1.165, 1.54) is 0 Å². The molecule has 14 heavy (non-hydrogen) atoms. The smallest absolute Gasteiger partial charge is 0.449 e. The van der Waals surface area contributed by atoms with Crippen molar-refractivity contribution in [1.82, 2.24) is 0 Å². The predicted molar refractivity (Wildman–Crippen MR) is 48.7 cm³/mol. The van der Waals surface area contributed by atoms with E-state index >= 15 is 0 Å². The SMILES string of the molecule is C[C@H](C[B-](F)(F)F)c1ccccc1.[K+]. The second-order valence-electron chi connectivity index (χ2n) is 3.26. The van der Waals surface area contributed by atoms with Gasteiger partial charge >= 0.3 is 58.4 Å². The molecule has 0 aliphatic carbocycles. The normalized spacial score (nSPS) is 13.1. The van der Waals surface area contributed by atoms with Crippen LogP contribution in [0.25, 0.3) is 0 Å². The predicted octanol–water partition coefficient (Wildman–Crippen LogP) is 0.641. The quantitative estimate of drug-likeness (QED) is 0.663. The summed E-state index contributed by atoms with van der Waals surface area (Å²) in [6.45, 7) is -3.07. The summed E-state index contributed by atoms with van der Waals surface area (Å²) >= 11 is 0. The monoisotopic (exact) mass is 226 g/mol. The number of hydrogen-bond donors (Lipinski definition) is 0. The van der Waals surface area contributed by atoms with Gasteiger partial charge in [0.05, 0.1) is 0 Å². The first kappa shape index (κ1) is 14.7. The van der Waals surface area contributed by atoms with Crippen LogP contribution in [0.3, 0.4) is 0 Å². The Morgan fingerprint density at radius 3 is 2.07 bits per heavy atom. The Balaban J connectivity index is 0.00000169. The molecule has 0 unspecified atom stereocenters. The Labute approximate surface area is 125 Å². The molecule has 0 nitrogen and oxygen atoms in total. The first-order chi connectivity index (χ1) is 5.99. The van der Waals surface area contributed by atoms with Gasteiger partial charge in [-0.2, -0.15) is 0 Å². The molecule has 1 aromatic rings. The standard InChI is InChI=1S/C9H11BF3.K/c1-8(7-10(11,12)13)9-5-3-2-4-6-9;/h2-6,8H,7H2,1H3;/q-1;+1/t8-;/m1./s1. The Kier molecular flexibility index (Phi) is 6.65. The van der Waals surface area contributed by atoms with Crippen LogP contribution in [0.2, 0.25) is 6.32 Å². The minimum Gasteiger partial charge on any atom is -0.449 e. The van der Waals surface area contributed by atoms with Crippen molar-refractivity contribution in [2.24, 2.45) is 0 Å². The fourth-order valence-electron chi connectivity index (χ4n) is 1.32. The van der Waals surface area contributed by atoms with Gasteiger partial charge in [0.2, 0.25) is 0 Å². The third-order valence-electron chi connectivity index (χ3n) is 1.99. The van der Waals surface area contributed by atoms with Crippen LogP contribution in [-0.2, 0) is 0 Å². The van der Waals surface area contributed by atoms with Gasteiger partial charge in [-0.05, 0) is 11.5 Å². The van der Waals surface area contributed by atoms with Crippen LogP contribution in [0.1, 0.15) is 18.4 Å². The van der Waals surface area contributed by atoms with Crippen LogP contribution >= 0.6 is 0 Å². The summed E-state index contributed by atoms with van der Waals surface area (Å²) in [5.74, 6) is -0.429. The maximum Gasteiger partial charge on any atom is 1.00 e. The molecule has 0 bridgehead atoms. The molecule has 0 aliphatic rings. The van der Waals surface area contributed by atoms with Crippen molar-refractivity contribution >= 4 is 6.98 Å². The summed E-state index contributed by atoms with van der Waals surface area (Å²) in [6.07, 6.45) is -0.690. The van der Waals surface area contributed by atoms with Gasteiger partial charge < -0.3 is 12.9 Å². The molecule has 0 saturated carbocycles. The van der Waals surface area contributed by atoms with Crippen molar-refractivity contribution in [3.63, 3.8) is 0 Å². The molecule has 0 amide bonds. The molecule has 1 aromatic carbocycles. The van der Waals surface area contributed by atoms with Crippen molar-refractivity contribution in [3.05, 3.63) is 35.9 Å². The maximum absolute atomic E-state index is 12.1. The van der Waals surface area contributed by atoms with Crippen LogP contribution in [0, 0.1) is 0 Å². The fraction of sp³-hybridized carbons (Fsp3) is 0.333. The first-order valence-corrected chi connectivity index (χ1v) is 4.25. The van der Waals surface area contributed by atoms with E-state index < -0.39 is 19.2 Å². The Morgan fingerprint density at radius 2 is 1.64 bits per heavy atom. The average Bonchev–Trinajstić information content (AvgIpc) is 2.03. The zero-order valence-electron chi connectivity index (χ0n) is 8.38. The van der Waals surface area contributed by atoms with Gasteiger partial charge in [-0.1, -0.05) is 43.6 Å². The van der Waals surface area contributed by atoms with Gasteiger partial charge in [-0.3, -0.25) is 0 Å². The van der Waals surface area contributed by atoms with Crippen LogP contribution < -0.4 is 51.4 Å². The third-order valence-corrected chi connectivity index (χ3v) is 1.99. The fourth-order valence-corrected chi connectivity index (χ4v) is 1.32. The van der Waals surface area contributed by atoms with E-state index in [0.717, 1.165) is 5.56 Å². The third kappa shape index (κ3) is 5.56. The molecule has 0 fully saturated rings. The molecular formula is C9H11BF3K. The molecule has 5 heteroatoms. The first-order valence-electron chi connectivity index (χ1n) is 4.25. The number of rotatable bonds is 3. The molecule has 0 aliphatic heterocycles. The Bertz CT molecular complexity index is 261. The maximum atomic E-state index is 12.1. The second kappa shape index (κ2) is 6.33. The van der Waals surface area contributed by atoms with Gasteiger partial charge in [-0.15, -0.1) is 0 Å². The van der Waals surface area contributed by atoms with Gasteiger partial charge in [0.1, 0.15) is 0 Å². The number of hydrogen-bond acceptors (Lipinski definition) is 0. The number of halogens is 3. The molecule has 0 radical (unpaired) electrons. The Hall–Kier alpha value is 0.711. The van der Waals surface area contributed by atoms with Crippen LogP contribution in [0.4, 0.5) is 12.9 Å². The van der Waals surface area contributed by atoms with Crippen LogP contribution in [0.15, 0.2) is 30.3 Å². The molecular weight excluding hydrogens is 215 g/mol. The zero-order chi connectivity index (χ0) is 9.90. The van der Waals surface area contributed by atoms with Crippen molar-refractivity contribution in [3.8, 4) is 0 Å². The molecule has 0 heterocycles. The number of benzene rings is 1. The van der Waals surface area contributed by atoms with Crippen molar-refractivity contribution in [2.75, 3.05) is 0 Å². The van der Waals surface area contributed by atoms with E-state index in [1.54, 1.807) is 37.3 Å². The van der Waals surface area contributed by atoms with Crippen molar-refractivity contribution in [2.45, 2.75) is 19.2 Å². The molecule has 1 rings (SSSR count). The van der Waals surface area contributed by atoms with E-state index in [-0.39, 0.29) is 51.4 Å². The topological polar surface area (TPSA) is 0 Å². The summed E-state index contributed by atoms with van der Waals surface area (Å²) in [4.78, 5) is 0. The van der Waals surface area contributed by atoms with Crippen molar-refractivity contribution < 1.29 is 64.3 Å². The summed E-state index contributed by atoms with van der Waals surface area (Å²) in [6, 6.07) is 8.78. The summed E-state index contributed by atoms with van der Waals surface area (Å²) in [5.41, 5.74) is 0.752. The van der Waals surface area contributed by atoms with E-state index in [9.17, 15) is 12.9 Å². The summed E-state index contributed by atoms with van der Waals surface area (Å²) in [5, 5.41) is 0. The van der Waals surface area contributed by atoms with Gasteiger partial charge in [0, 0.05) is 0 Å². The molecule has 72 valence electrons. The van der Waals surface area contributed by atoms with E-state index in [0.29, 0.717) is 0 Å². The van der Waals surface area contributed by atoms with Crippen LogP contribution in [0.5, 0.6) is 0 Å². The van der Waals surface area contributed by atoms with Gasteiger partial charge in [0.25, 0.3) is 0 Å². The molecule has 0 N–H and O–H groups in total. The average molecular weight is 226 g/mol. The van der Waals surface area contributed by atoms with Crippen molar-refractivity contribution in [1.29, 1.82) is 0 Å². The molecule has 0 spiro atoms. The Morgan fingerprint density at radius 1 is 1.14 bits per heavy atom. The van der Waals surface area contributed by atoms with Crippen LogP contribution in [-0.4, -0.2) is 6.98 Å². The van der Waals surface area contributed by atoms with E-state index in [1.807, 2.05) is 0 Å². The second-order valence-corrected chi connectivity index (χ2v) is 3.26. The van der Waals surface area contributed by atoms with E-state index in [4.69, 9.17) is 0 Å². The molecule has 0 saturated heterocycles. The summed E-state index contributed by atoms with van der Waals surface area (Å²) in [7, 11) is 0.